The minimum absolute atomic E-state index is 0.451. The number of rotatable bonds is 3. The molecule has 2 heteroatoms. The van der Waals surface area contributed by atoms with Crippen molar-refractivity contribution in [1.29, 1.82) is 0 Å². The second kappa shape index (κ2) is 10.7. The van der Waals surface area contributed by atoms with Gasteiger partial charge in [0, 0.05) is 11.1 Å². The van der Waals surface area contributed by atoms with Gasteiger partial charge in [-0.05, 0) is 95.4 Å². The molecule has 0 fully saturated rings. The third kappa shape index (κ3) is 3.87. The molecule has 0 amide bonds. The van der Waals surface area contributed by atoms with Crippen LogP contribution in [0.25, 0.3) is 77.4 Å². The maximum atomic E-state index is 4.61. The van der Waals surface area contributed by atoms with Crippen molar-refractivity contribution in [1.82, 2.24) is 10.2 Å². The van der Waals surface area contributed by atoms with Crippen molar-refractivity contribution in [2.75, 3.05) is 0 Å². The van der Waals surface area contributed by atoms with Gasteiger partial charge in [0.25, 0.3) is 0 Å². The smallest absolute Gasteiger partial charge is 0.0930 e. The predicted molar refractivity (Wildman–Crippen MR) is 210 cm³/mol. The van der Waals surface area contributed by atoms with E-state index in [1.54, 1.807) is 0 Å². The van der Waals surface area contributed by atoms with E-state index >= 15 is 0 Å². The van der Waals surface area contributed by atoms with Gasteiger partial charge in [0.1, 0.15) is 0 Å². The molecule has 11 rings (SSSR count). The summed E-state index contributed by atoms with van der Waals surface area (Å²) < 4.78 is 0. The summed E-state index contributed by atoms with van der Waals surface area (Å²) in [6.45, 7) is 0. The molecule has 0 saturated heterocycles. The lowest BCUT2D eigenvalue weighted by molar-refractivity contribution is 0.802. The van der Waals surface area contributed by atoms with E-state index in [4.69, 9.17) is 0 Å². The first-order chi connectivity index (χ1) is 25.3. The minimum atomic E-state index is -0.451. The lowest BCUT2D eigenvalue weighted by Gasteiger charge is -2.32. The van der Waals surface area contributed by atoms with Gasteiger partial charge in [-0.15, -0.1) is 10.2 Å². The van der Waals surface area contributed by atoms with Crippen LogP contribution in [-0.4, -0.2) is 10.2 Å². The summed E-state index contributed by atoms with van der Waals surface area (Å²) in [4.78, 5) is 0. The van der Waals surface area contributed by atoms with Gasteiger partial charge in [-0.2, -0.15) is 0 Å². The van der Waals surface area contributed by atoms with Crippen molar-refractivity contribution in [3.05, 3.63) is 204 Å². The highest BCUT2D eigenvalue weighted by molar-refractivity contribution is 6.14. The molecule has 1 spiro atoms. The number of benzene rings is 8. The zero-order valence-corrected chi connectivity index (χ0v) is 27.7. The van der Waals surface area contributed by atoms with Crippen LogP contribution in [0.2, 0.25) is 0 Å². The molecule has 8 aromatic carbocycles. The Kier molecular flexibility index (Phi) is 5.91. The molecule has 0 bridgehead atoms. The quantitative estimate of drug-likeness (QED) is 0.191. The Hall–Kier alpha value is -6.64. The first-order valence-corrected chi connectivity index (χ1v) is 17.6. The fraction of sp³-hybridized carbons (Fsp3) is 0.0204. The number of aromatic nitrogens is 2. The highest BCUT2D eigenvalue weighted by atomic mass is 15.1. The van der Waals surface area contributed by atoms with Crippen molar-refractivity contribution in [3.63, 3.8) is 0 Å². The lowest BCUT2D eigenvalue weighted by atomic mass is 9.69. The number of hydrogen-bond donors (Lipinski definition) is 0. The molecule has 0 unspecified atom stereocenters. The van der Waals surface area contributed by atoms with E-state index < -0.39 is 5.41 Å². The van der Waals surface area contributed by atoms with Crippen LogP contribution >= 0.6 is 0 Å². The number of fused-ring (bicyclic) bond motifs is 14. The normalized spacial score (nSPS) is 13.3. The Balaban J connectivity index is 1.16. The molecule has 1 heterocycles. The van der Waals surface area contributed by atoms with Crippen molar-refractivity contribution >= 4 is 21.5 Å². The molecular formula is C49H30N2. The molecule has 0 saturated carbocycles. The molecule has 2 aliphatic carbocycles. The van der Waals surface area contributed by atoms with Crippen molar-refractivity contribution in [3.8, 4) is 55.9 Å². The largest absolute Gasteiger partial charge is 0.150 e. The van der Waals surface area contributed by atoms with Crippen LogP contribution in [-0.2, 0) is 5.41 Å². The van der Waals surface area contributed by atoms with Crippen LogP contribution < -0.4 is 0 Å². The summed E-state index contributed by atoms with van der Waals surface area (Å²) in [6.07, 6.45) is 0. The summed E-state index contributed by atoms with van der Waals surface area (Å²) in [5.41, 5.74) is 16.6. The SMILES string of the molecule is c1ccc(-c2ccc(-c3ccc(-c4cc5c(c6ccccc46)-c4ccc6ccccc6c4C54c5ccccc5-c5ccccc54)cc3)nn2)cc1. The van der Waals surface area contributed by atoms with Gasteiger partial charge in [0.2, 0.25) is 0 Å². The third-order valence-electron chi connectivity index (χ3n) is 11.2. The summed E-state index contributed by atoms with van der Waals surface area (Å²) in [5, 5.41) is 14.3. The minimum Gasteiger partial charge on any atom is -0.150 e. The predicted octanol–water partition coefficient (Wildman–Crippen LogP) is 12.1. The molecule has 0 aliphatic heterocycles. The molecule has 0 atom stereocenters. The topological polar surface area (TPSA) is 25.8 Å². The Morgan fingerprint density at radius 2 is 0.882 bits per heavy atom. The molecule has 0 N–H and O–H groups in total. The second-order valence-electron chi connectivity index (χ2n) is 13.7. The highest BCUT2D eigenvalue weighted by Crippen LogP contribution is 2.65. The van der Waals surface area contributed by atoms with Crippen LogP contribution in [0.3, 0.4) is 0 Å². The van der Waals surface area contributed by atoms with Gasteiger partial charge < -0.3 is 0 Å². The molecule has 2 aliphatic rings. The van der Waals surface area contributed by atoms with Gasteiger partial charge in [-0.1, -0.05) is 164 Å². The Morgan fingerprint density at radius 3 is 1.57 bits per heavy atom. The monoisotopic (exact) mass is 646 g/mol. The number of hydrogen-bond acceptors (Lipinski definition) is 2. The fourth-order valence-corrected chi connectivity index (χ4v) is 9.08. The average Bonchev–Trinajstić information content (AvgIpc) is 3.69. The Labute approximate surface area is 296 Å². The summed E-state index contributed by atoms with van der Waals surface area (Å²) in [6, 6.07) is 66.4. The lowest BCUT2D eigenvalue weighted by Crippen LogP contribution is -2.26. The van der Waals surface area contributed by atoms with Crippen molar-refractivity contribution in [2.45, 2.75) is 5.41 Å². The van der Waals surface area contributed by atoms with Crippen LogP contribution in [0.1, 0.15) is 22.3 Å². The Morgan fingerprint density at radius 1 is 0.333 bits per heavy atom. The maximum Gasteiger partial charge on any atom is 0.0930 e. The van der Waals surface area contributed by atoms with Gasteiger partial charge >= 0.3 is 0 Å². The highest BCUT2D eigenvalue weighted by Gasteiger charge is 2.53. The average molecular weight is 647 g/mol. The van der Waals surface area contributed by atoms with E-state index in [0.717, 1.165) is 22.5 Å². The van der Waals surface area contributed by atoms with Crippen LogP contribution in [0.4, 0.5) is 0 Å². The van der Waals surface area contributed by atoms with Crippen molar-refractivity contribution < 1.29 is 0 Å². The van der Waals surface area contributed by atoms with E-state index in [1.165, 1.54) is 77.2 Å². The first-order valence-electron chi connectivity index (χ1n) is 17.6. The van der Waals surface area contributed by atoms with E-state index in [2.05, 4.69) is 174 Å². The van der Waals surface area contributed by atoms with Crippen molar-refractivity contribution in [2.24, 2.45) is 0 Å². The summed E-state index contributed by atoms with van der Waals surface area (Å²) in [5.74, 6) is 0. The van der Waals surface area contributed by atoms with E-state index in [1.807, 2.05) is 18.2 Å². The zero-order chi connectivity index (χ0) is 33.5. The molecule has 236 valence electrons. The second-order valence-corrected chi connectivity index (χ2v) is 13.7. The van der Waals surface area contributed by atoms with Gasteiger partial charge in [-0.25, -0.2) is 0 Å². The van der Waals surface area contributed by atoms with Gasteiger partial charge in [-0.3, -0.25) is 0 Å². The van der Waals surface area contributed by atoms with E-state index in [-0.39, 0.29) is 0 Å². The maximum absolute atomic E-state index is 4.61. The van der Waals surface area contributed by atoms with E-state index in [0.29, 0.717) is 0 Å². The molecule has 0 radical (unpaired) electrons. The Bertz CT molecular complexity index is 2790. The molecular weight excluding hydrogens is 617 g/mol. The fourth-order valence-electron chi connectivity index (χ4n) is 9.08. The summed E-state index contributed by atoms with van der Waals surface area (Å²) >= 11 is 0. The molecule has 9 aromatic rings. The zero-order valence-electron chi connectivity index (χ0n) is 27.7. The van der Waals surface area contributed by atoms with Crippen LogP contribution in [0.15, 0.2) is 182 Å². The van der Waals surface area contributed by atoms with Gasteiger partial charge in [0.15, 0.2) is 0 Å². The molecule has 2 nitrogen and oxygen atoms in total. The first kappa shape index (κ1) is 28.2. The van der Waals surface area contributed by atoms with E-state index in [9.17, 15) is 0 Å². The summed E-state index contributed by atoms with van der Waals surface area (Å²) in [7, 11) is 0. The number of nitrogens with zero attached hydrogens (tertiary/aromatic N) is 2. The third-order valence-corrected chi connectivity index (χ3v) is 11.2. The molecule has 1 aromatic heterocycles. The van der Waals surface area contributed by atoms with Crippen LogP contribution in [0.5, 0.6) is 0 Å². The standard InChI is InChI=1S/C49H30N2/c1-2-13-33(14-3-1)45-28-29-46(51-50-45)34-24-22-32(23-25-34)41-30-44-47(39-19-7-6-16-36(39)41)40-27-26-31-12-4-5-15-35(31)48(40)49(44)42-20-10-8-17-37(42)38-18-9-11-21-43(38)49/h1-30H. The van der Waals surface area contributed by atoms with Gasteiger partial charge in [0.05, 0.1) is 16.8 Å². The molecule has 51 heavy (non-hydrogen) atoms. The van der Waals surface area contributed by atoms with Crippen LogP contribution in [0, 0.1) is 0 Å².